The van der Waals surface area contributed by atoms with Crippen LogP contribution in [-0.2, 0) is 0 Å². The number of halogens is 2. The van der Waals surface area contributed by atoms with Crippen LogP contribution >= 0.6 is 0 Å². The third-order valence-electron chi connectivity index (χ3n) is 7.43. The van der Waals surface area contributed by atoms with Crippen molar-refractivity contribution < 1.29 is 18.0 Å². The minimum absolute atomic E-state index is 0.116. The Balaban J connectivity index is 1.09. The molecule has 2 aromatic heterocycles. The zero-order valence-electron chi connectivity index (χ0n) is 18.4. The van der Waals surface area contributed by atoms with Crippen LogP contribution in [0.3, 0.4) is 0 Å². The summed E-state index contributed by atoms with van der Waals surface area (Å²) in [6.45, 7) is 0. The highest BCUT2D eigenvalue weighted by molar-refractivity contribution is 6.00. The van der Waals surface area contributed by atoms with Crippen molar-refractivity contribution in [3.63, 3.8) is 0 Å². The van der Waals surface area contributed by atoms with Gasteiger partial charge < -0.3 is 20.0 Å². The Morgan fingerprint density at radius 3 is 2.44 bits per heavy atom. The van der Waals surface area contributed by atoms with Gasteiger partial charge in [0.15, 0.2) is 11.6 Å². The first kappa shape index (κ1) is 21.0. The molecular weight excluding hydrogens is 442 g/mol. The summed E-state index contributed by atoms with van der Waals surface area (Å²) < 4.78 is 31.7. The van der Waals surface area contributed by atoms with E-state index in [1.165, 1.54) is 51.0 Å². The quantitative estimate of drug-likeness (QED) is 0.544. The van der Waals surface area contributed by atoms with Crippen molar-refractivity contribution in [1.82, 2.24) is 15.2 Å². The molecule has 1 amide bonds. The predicted octanol–water partition coefficient (Wildman–Crippen LogP) is 5.04. The van der Waals surface area contributed by atoms with Crippen LogP contribution in [0.25, 0.3) is 0 Å². The molecule has 8 nitrogen and oxygen atoms in total. The van der Waals surface area contributed by atoms with E-state index in [2.05, 4.69) is 30.7 Å². The highest BCUT2D eigenvalue weighted by Crippen LogP contribution is 2.56. The molecule has 1 spiro atoms. The van der Waals surface area contributed by atoms with Crippen LogP contribution in [0.2, 0.25) is 0 Å². The van der Waals surface area contributed by atoms with Gasteiger partial charge in [-0.05, 0) is 68.2 Å². The van der Waals surface area contributed by atoms with E-state index >= 15 is 0 Å². The van der Waals surface area contributed by atoms with E-state index in [0.717, 1.165) is 18.0 Å². The maximum Gasteiger partial charge on any atom is 0.320 e. The Labute approximate surface area is 194 Å². The lowest BCUT2D eigenvalue weighted by Crippen LogP contribution is -2.50. The number of hydrogen-bond donors (Lipinski definition) is 2. The first-order chi connectivity index (χ1) is 16.5. The lowest BCUT2D eigenvalue weighted by molar-refractivity contribution is 0.0730. The fourth-order valence-electron chi connectivity index (χ4n) is 5.76. The number of fused-ring (bicyclic) bond motifs is 2. The first-order valence-electron chi connectivity index (χ1n) is 11.6. The van der Waals surface area contributed by atoms with Gasteiger partial charge in [-0.1, -0.05) is 11.5 Å². The molecule has 176 valence electrons. The maximum atomic E-state index is 13.3. The molecule has 2 bridgehead atoms. The van der Waals surface area contributed by atoms with Gasteiger partial charge in [-0.3, -0.25) is 4.79 Å². The van der Waals surface area contributed by atoms with Gasteiger partial charge in [0.25, 0.3) is 0 Å². The summed E-state index contributed by atoms with van der Waals surface area (Å²) in [6.07, 6.45) is 10.7. The molecule has 3 aromatic rings. The highest BCUT2D eigenvalue weighted by Gasteiger charge is 2.50. The van der Waals surface area contributed by atoms with Crippen LogP contribution in [0.5, 0.6) is 0 Å². The summed E-state index contributed by atoms with van der Waals surface area (Å²) in [5, 5.41) is 12.8. The summed E-state index contributed by atoms with van der Waals surface area (Å²) >= 11 is 0. The van der Waals surface area contributed by atoms with E-state index in [-0.39, 0.29) is 17.6 Å². The number of rotatable bonds is 5. The minimum Gasteiger partial charge on any atom is -0.399 e. The monoisotopic (exact) mass is 466 g/mol. The Bertz CT molecular complexity index is 1210. The van der Waals surface area contributed by atoms with Crippen LogP contribution in [0.4, 0.5) is 32.0 Å². The van der Waals surface area contributed by atoms with Crippen molar-refractivity contribution in [3.8, 4) is 0 Å². The molecule has 3 aliphatic rings. The number of amides is 1. The molecule has 1 saturated carbocycles. The van der Waals surface area contributed by atoms with Gasteiger partial charge in [0.05, 0.1) is 11.9 Å². The Morgan fingerprint density at radius 1 is 1.03 bits per heavy atom. The number of pyridine rings is 1. The number of benzene rings is 1. The summed E-state index contributed by atoms with van der Waals surface area (Å²) in [6, 6.07) is 8.02. The Hall–Kier alpha value is -3.56. The van der Waals surface area contributed by atoms with Crippen molar-refractivity contribution in [2.45, 2.75) is 57.0 Å². The third kappa shape index (κ3) is 3.76. The molecule has 2 atom stereocenters. The van der Waals surface area contributed by atoms with E-state index in [9.17, 15) is 13.6 Å². The first-order valence-corrected chi connectivity index (χ1v) is 11.6. The summed E-state index contributed by atoms with van der Waals surface area (Å²) in [4.78, 5) is 19.6. The fourth-order valence-corrected chi connectivity index (χ4v) is 5.76. The third-order valence-corrected chi connectivity index (χ3v) is 7.43. The zero-order chi connectivity index (χ0) is 23.3. The van der Waals surface area contributed by atoms with E-state index in [0.29, 0.717) is 23.2 Å². The number of hydrogen-bond acceptors (Lipinski definition) is 7. The summed E-state index contributed by atoms with van der Waals surface area (Å²) in [7, 11) is 0. The van der Waals surface area contributed by atoms with Crippen LogP contribution in [0.15, 0.2) is 40.9 Å². The summed E-state index contributed by atoms with van der Waals surface area (Å²) in [5.74, 6) is -1.89. The number of carbonyl (C=O) groups excluding carboxylic acids is 1. The van der Waals surface area contributed by atoms with Crippen LogP contribution in [0, 0.1) is 17.0 Å². The number of carbonyl (C=O) groups is 1. The minimum atomic E-state index is -1.02. The topological polar surface area (TPSA) is 96.2 Å². The van der Waals surface area contributed by atoms with Gasteiger partial charge in [0.2, 0.25) is 0 Å². The predicted molar refractivity (Wildman–Crippen MR) is 121 cm³/mol. The second-order valence-electron chi connectivity index (χ2n) is 9.58. The standard InChI is InChI=1S/C24H24F2N6O2/c25-18-6-2-14(10-19(18)26)29-23-31-30-22(34-23)21(33)28-15-3-7-20(27-13-15)32-16-4-5-17(32)12-24(11-16)8-1-9-24/h2-3,6-7,10,13,16-17H,1,4-5,8-9,11-12H2,(H,28,33)(H,29,31). The molecule has 0 radical (unpaired) electrons. The van der Waals surface area contributed by atoms with E-state index in [4.69, 9.17) is 4.42 Å². The van der Waals surface area contributed by atoms with Gasteiger partial charge in [0.1, 0.15) is 5.82 Å². The second-order valence-corrected chi connectivity index (χ2v) is 9.58. The number of anilines is 4. The largest absolute Gasteiger partial charge is 0.399 e. The van der Waals surface area contributed by atoms with Crippen molar-refractivity contribution in [1.29, 1.82) is 0 Å². The summed E-state index contributed by atoms with van der Waals surface area (Å²) in [5.41, 5.74) is 1.31. The van der Waals surface area contributed by atoms with Crippen LogP contribution in [-0.4, -0.2) is 33.2 Å². The molecule has 10 heteroatoms. The van der Waals surface area contributed by atoms with Crippen LogP contribution < -0.4 is 15.5 Å². The van der Waals surface area contributed by atoms with Crippen molar-refractivity contribution >= 4 is 29.1 Å². The second kappa shape index (κ2) is 8.03. The van der Waals surface area contributed by atoms with Gasteiger partial charge in [-0.2, -0.15) is 0 Å². The van der Waals surface area contributed by atoms with Crippen molar-refractivity contribution in [2.24, 2.45) is 5.41 Å². The van der Waals surface area contributed by atoms with Gasteiger partial charge in [0, 0.05) is 23.8 Å². The maximum absolute atomic E-state index is 13.3. The van der Waals surface area contributed by atoms with E-state index in [1.807, 2.05) is 12.1 Å². The normalized spacial score (nSPS) is 22.5. The molecule has 34 heavy (non-hydrogen) atoms. The average Bonchev–Trinajstić information content (AvgIpc) is 3.38. The van der Waals surface area contributed by atoms with Crippen molar-refractivity contribution in [2.75, 3.05) is 15.5 Å². The van der Waals surface area contributed by atoms with Gasteiger partial charge >= 0.3 is 17.8 Å². The number of nitrogens with one attached hydrogen (secondary N) is 2. The van der Waals surface area contributed by atoms with Crippen LogP contribution in [0.1, 0.15) is 55.6 Å². The molecule has 2 aliphatic heterocycles. The van der Waals surface area contributed by atoms with E-state index < -0.39 is 17.5 Å². The molecule has 1 aliphatic carbocycles. The zero-order valence-corrected chi connectivity index (χ0v) is 18.4. The van der Waals surface area contributed by atoms with Gasteiger partial charge in [-0.15, -0.1) is 5.10 Å². The number of piperidine rings is 1. The molecule has 2 saturated heterocycles. The smallest absolute Gasteiger partial charge is 0.320 e. The van der Waals surface area contributed by atoms with Crippen molar-refractivity contribution in [3.05, 3.63) is 54.1 Å². The Morgan fingerprint density at radius 2 is 1.79 bits per heavy atom. The molecule has 1 aromatic carbocycles. The number of aromatic nitrogens is 3. The fraction of sp³-hybridized carbons (Fsp3) is 0.417. The Kier molecular flexibility index (Phi) is 4.96. The number of nitrogens with zero attached hydrogens (tertiary/aromatic N) is 4. The molecule has 4 heterocycles. The van der Waals surface area contributed by atoms with E-state index in [1.54, 1.807) is 6.20 Å². The average molecular weight is 466 g/mol. The SMILES string of the molecule is O=C(Nc1ccc(N2C3CCC2CC2(CCC2)C3)nc1)c1nnc(Nc2ccc(F)c(F)c2)o1. The molecule has 3 fully saturated rings. The molecule has 2 N–H and O–H groups in total. The highest BCUT2D eigenvalue weighted by atomic mass is 19.2. The lowest BCUT2D eigenvalue weighted by Gasteiger charge is -2.52. The lowest BCUT2D eigenvalue weighted by atomic mass is 9.61. The molecule has 2 unspecified atom stereocenters. The van der Waals surface area contributed by atoms with Gasteiger partial charge in [-0.25, -0.2) is 13.8 Å². The molecular formula is C24H24F2N6O2. The molecule has 6 rings (SSSR count).